The maximum absolute atomic E-state index is 12.3. The van der Waals surface area contributed by atoms with E-state index < -0.39 is 0 Å². The number of nitrogens with one attached hydrogen (secondary N) is 2. The molecule has 2 fully saturated rings. The minimum absolute atomic E-state index is 0. The molecular formula is C22H35IN4O2. The van der Waals surface area contributed by atoms with Gasteiger partial charge in [0.1, 0.15) is 6.10 Å². The molecule has 0 aromatic heterocycles. The molecule has 7 heteroatoms. The molecule has 1 aromatic rings. The molecule has 0 radical (unpaired) electrons. The highest BCUT2D eigenvalue weighted by Gasteiger charge is 2.24. The Morgan fingerprint density at radius 2 is 2.03 bits per heavy atom. The zero-order valence-corrected chi connectivity index (χ0v) is 20.1. The van der Waals surface area contributed by atoms with E-state index in [0.717, 1.165) is 49.7 Å². The van der Waals surface area contributed by atoms with Gasteiger partial charge in [-0.25, -0.2) is 4.99 Å². The molecule has 0 saturated carbocycles. The predicted molar refractivity (Wildman–Crippen MR) is 129 cm³/mol. The smallest absolute Gasteiger partial charge is 0.253 e. The van der Waals surface area contributed by atoms with Gasteiger partial charge in [0.25, 0.3) is 5.91 Å². The number of aliphatic imine (C=N–C) groups is 1. The molecule has 2 heterocycles. The van der Waals surface area contributed by atoms with Gasteiger partial charge >= 0.3 is 0 Å². The lowest BCUT2D eigenvalue weighted by Crippen LogP contribution is -2.48. The third kappa shape index (κ3) is 7.13. The minimum atomic E-state index is -0.315. The fourth-order valence-electron chi connectivity index (χ4n) is 4.18. The fourth-order valence-corrected chi connectivity index (χ4v) is 4.18. The van der Waals surface area contributed by atoms with Gasteiger partial charge in [0.15, 0.2) is 5.96 Å². The number of anilines is 1. The molecule has 0 aliphatic carbocycles. The Hall–Kier alpha value is -1.35. The number of rotatable bonds is 5. The van der Waals surface area contributed by atoms with Crippen molar-refractivity contribution in [2.45, 2.75) is 52.7 Å². The number of nitrogens with zero attached hydrogens (tertiary/aromatic N) is 2. The first-order valence-corrected chi connectivity index (χ1v) is 10.6. The zero-order valence-electron chi connectivity index (χ0n) is 17.8. The average Bonchev–Trinajstić information content (AvgIpc) is 3.19. The summed E-state index contributed by atoms with van der Waals surface area (Å²) in [6.45, 7) is 10.9. The van der Waals surface area contributed by atoms with Crippen molar-refractivity contribution in [3.05, 3.63) is 29.8 Å². The molecule has 2 aliphatic rings. The van der Waals surface area contributed by atoms with Crippen molar-refractivity contribution in [2.75, 3.05) is 31.6 Å². The number of ether oxygens (including phenoxy) is 1. The van der Waals surface area contributed by atoms with Gasteiger partial charge < -0.3 is 20.3 Å². The summed E-state index contributed by atoms with van der Waals surface area (Å²) in [5.74, 6) is 2.30. The Labute approximate surface area is 191 Å². The van der Waals surface area contributed by atoms with Crippen LogP contribution in [0.2, 0.25) is 0 Å². The molecular weight excluding hydrogens is 479 g/mol. The number of halogens is 1. The van der Waals surface area contributed by atoms with E-state index in [4.69, 9.17) is 9.73 Å². The number of piperidine rings is 1. The van der Waals surface area contributed by atoms with Crippen LogP contribution in [0.4, 0.5) is 5.69 Å². The number of guanidine groups is 1. The third-order valence-electron chi connectivity index (χ3n) is 5.33. The summed E-state index contributed by atoms with van der Waals surface area (Å²) in [5.41, 5.74) is 1.89. The highest BCUT2D eigenvalue weighted by Crippen LogP contribution is 2.21. The molecule has 0 bridgehead atoms. The number of hydrogen-bond acceptors (Lipinski definition) is 3. The molecule has 2 saturated heterocycles. The molecule has 2 aliphatic heterocycles. The van der Waals surface area contributed by atoms with Gasteiger partial charge in [0.2, 0.25) is 0 Å². The Morgan fingerprint density at radius 3 is 2.69 bits per heavy atom. The number of hydrogen-bond donors (Lipinski definition) is 2. The fraction of sp³-hybridized carbons (Fsp3) is 0.636. The number of likely N-dealkylation sites (tertiary alicyclic amines) is 1. The van der Waals surface area contributed by atoms with Crippen LogP contribution in [0.5, 0.6) is 0 Å². The topological polar surface area (TPSA) is 66.0 Å². The van der Waals surface area contributed by atoms with Crippen LogP contribution in [-0.2, 0) is 16.1 Å². The van der Waals surface area contributed by atoms with Crippen LogP contribution in [-0.4, -0.2) is 49.1 Å². The lowest BCUT2D eigenvalue weighted by molar-refractivity contribution is -0.124. The zero-order chi connectivity index (χ0) is 19.9. The number of carbonyl (C=O) groups excluding carboxylic acids is 1. The van der Waals surface area contributed by atoms with E-state index in [1.807, 2.05) is 18.2 Å². The summed E-state index contributed by atoms with van der Waals surface area (Å²) in [6, 6.07) is 7.94. The van der Waals surface area contributed by atoms with Crippen LogP contribution in [0, 0.1) is 11.8 Å². The van der Waals surface area contributed by atoms with Gasteiger partial charge in [-0.15, -0.1) is 24.0 Å². The lowest BCUT2D eigenvalue weighted by Gasteiger charge is -2.37. The largest absolute Gasteiger partial charge is 0.368 e. The molecule has 29 heavy (non-hydrogen) atoms. The maximum Gasteiger partial charge on any atom is 0.253 e. The first-order valence-electron chi connectivity index (χ1n) is 10.6. The van der Waals surface area contributed by atoms with Crippen molar-refractivity contribution in [1.29, 1.82) is 0 Å². The van der Waals surface area contributed by atoms with Crippen LogP contribution < -0.4 is 10.6 Å². The van der Waals surface area contributed by atoms with E-state index >= 15 is 0 Å². The number of benzene rings is 1. The SMILES string of the molecule is CCNC(=NCc1cccc(NC(=O)C2CCCO2)c1)N1CC(C)CC(C)C1.I. The van der Waals surface area contributed by atoms with Crippen molar-refractivity contribution in [2.24, 2.45) is 16.8 Å². The number of amides is 1. The van der Waals surface area contributed by atoms with Crippen molar-refractivity contribution in [3.63, 3.8) is 0 Å². The van der Waals surface area contributed by atoms with E-state index in [9.17, 15) is 4.79 Å². The van der Waals surface area contributed by atoms with Crippen molar-refractivity contribution in [1.82, 2.24) is 10.2 Å². The first-order chi connectivity index (χ1) is 13.5. The van der Waals surface area contributed by atoms with Gasteiger partial charge in [-0.1, -0.05) is 26.0 Å². The highest BCUT2D eigenvalue weighted by atomic mass is 127. The summed E-state index contributed by atoms with van der Waals surface area (Å²) < 4.78 is 5.46. The van der Waals surface area contributed by atoms with Gasteiger partial charge in [-0.3, -0.25) is 4.79 Å². The van der Waals surface area contributed by atoms with E-state index in [2.05, 4.69) is 42.4 Å². The normalized spacial score (nSPS) is 24.7. The van der Waals surface area contributed by atoms with Crippen molar-refractivity contribution < 1.29 is 9.53 Å². The monoisotopic (exact) mass is 514 g/mol. The van der Waals surface area contributed by atoms with Crippen molar-refractivity contribution >= 4 is 41.5 Å². The summed E-state index contributed by atoms with van der Waals surface area (Å²) in [4.78, 5) is 19.5. The van der Waals surface area contributed by atoms with Gasteiger partial charge in [-0.2, -0.15) is 0 Å². The van der Waals surface area contributed by atoms with E-state index in [-0.39, 0.29) is 36.0 Å². The Kier molecular flexibility index (Phi) is 9.68. The second-order valence-electron chi connectivity index (χ2n) is 8.21. The molecule has 1 amide bonds. The molecule has 3 unspecified atom stereocenters. The number of carbonyl (C=O) groups is 1. The van der Waals surface area contributed by atoms with Gasteiger partial charge in [-0.05, 0) is 55.7 Å². The Morgan fingerprint density at radius 1 is 1.28 bits per heavy atom. The lowest BCUT2D eigenvalue weighted by atomic mass is 9.92. The summed E-state index contributed by atoms with van der Waals surface area (Å²) in [5, 5.41) is 6.41. The standard InChI is InChI=1S/C22H34N4O2.HI/c1-4-23-22(26-14-16(2)11-17(3)15-26)24-13-18-7-5-8-19(12-18)25-21(27)20-9-6-10-28-20;/h5,7-8,12,16-17,20H,4,6,9-11,13-15H2,1-3H3,(H,23,24)(H,25,27);1H. The molecule has 162 valence electrons. The molecule has 6 nitrogen and oxygen atoms in total. The molecule has 2 N–H and O–H groups in total. The molecule has 3 atom stereocenters. The van der Waals surface area contributed by atoms with Crippen molar-refractivity contribution in [3.8, 4) is 0 Å². The highest BCUT2D eigenvalue weighted by molar-refractivity contribution is 14.0. The molecule has 1 aromatic carbocycles. The first kappa shape index (κ1) is 23.9. The summed E-state index contributed by atoms with van der Waals surface area (Å²) in [7, 11) is 0. The average molecular weight is 514 g/mol. The second-order valence-corrected chi connectivity index (χ2v) is 8.21. The Balaban J connectivity index is 0.00000300. The van der Waals surface area contributed by atoms with Crippen LogP contribution in [0.1, 0.15) is 45.6 Å². The summed E-state index contributed by atoms with van der Waals surface area (Å²) in [6.07, 6.45) is 2.72. The summed E-state index contributed by atoms with van der Waals surface area (Å²) >= 11 is 0. The van der Waals surface area contributed by atoms with Crippen LogP contribution >= 0.6 is 24.0 Å². The predicted octanol–water partition coefficient (Wildman–Crippen LogP) is 3.87. The van der Waals surface area contributed by atoms with E-state index in [0.29, 0.717) is 25.0 Å². The second kappa shape index (κ2) is 11.7. The van der Waals surface area contributed by atoms with E-state index in [1.165, 1.54) is 6.42 Å². The van der Waals surface area contributed by atoms with Crippen LogP contribution in [0.25, 0.3) is 0 Å². The van der Waals surface area contributed by atoms with E-state index in [1.54, 1.807) is 0 Å². The Bertz CT molecular complexity index is 681. The maximum atomic E-state index is 12.3. The third-order valence-corrected chi connectivity index (χ3v) is 5.33. The van der Waals surface area contributed by atoms with Crippen LogP contribution in [0.15, 0.2) is 29.3 Å². The van der Waals surface area contributed by atoms with Gasteiger partial charge in [0, 0.05) is 31.9 Å². The quantitative estimate of drug-likeness (QED) is 0.356. The molecule has 0 spiro atoms. The van der Waals surface area contributed by atoms with Gasteiger partial charge in [0.05, 0.1) is 6.54 Å². The molecule has 3 rings (SSSR count). The van der Waals surface area contributed by atoms with Crippen LogP contribution in [0.3, 0.4) is 0 Å². The minimum Gasteiger partial charge on any atom is -0.368 e.